The number of carbonyl (C=O) groups is 2. The average molecular weight is 396 g/mol. The summed E-state index contributed by atoms with van der Waals surface area (Å²) in [6.45, 7) is 0. The van der Waals surface area contributed by atoms with Gasteiger partial charge >= 0.3 is 0 Å². The van der Waals surface area contributed by atoms with Gasteiger partial charge in [0.15, 0.2) is 8.46 Å². The van der Waals surface area contributed by atoms with Gasteiger partial charge in [-0.1, -0.05) is 12.1 Å². The molecule has 0 saturated heterocycles. The molecule has 142 valence electrons. The number of pyridine rings is 1. The third-order valence-electron chi connectivity index (χ3n) is 4.94. The van der Waals surface area contributed by atoms with Gasteiger partial charge in [-0.15, -0.1) is 0 Å². The first-order valence-electron chi connectivity index (χ1n) is 8.62. The predicted octanol–water partition coefficient (Wildman–Crippen LogP) is 1.50. The number of amides is 2. The molecule has 9 nitrogen and oxygen atoms in total. The van der Waals surface area contributed by atoms with Crippen LogP contribution < -0.4 is 16.4 Å². The van der Waals surface area contributed by atoms with Crippen LogP contribution in [0.25, 0.3) is 10.8 Å². The van der Waals surface area contributed by atoms with Gasteiger partial charge in [-0.05, 0) is 12.5 Å². The van der Waals surface area contributed by atoms with Crippen LogP contribution in [0.2, 0.25) is 0 Å². The summed E-state index contributed by atoms with van der Waals surface area (Å²) in [6.07, 6.45) is 5.26. The number of carbonyl (C=O) groups excluding carboxylic acids is 2. The van der Waals surface area contributed by atoms with Crippen LogP contribution >= 0.6 is 8.46 Å². The molecule has 28 heavy (non-hydrogen) atoms. The highest BCUT2D eigenvalue weighted by atomic mass is 31.1. The van der Waals surface area contributed by atoms with Gasteiger partial charge in [-0.2, -0.15) is 5.10 Å². The fraction of sp³-hybridized carbons (Fsp3) is 0.222. The maximum absolute atomic E-state index is 13.1. The SMILES string of the molecule is NC(=O)C(CCP=O)N1C(=O)c2cccc3c(C(N)c4cn[nH]c4)ncc1c23. The normalized spacial score (nSPS) is 15.3. The molecular formula is C18H17N6O3P. The third kappa shape index (κ3) is 2.76. The van der Waals surface area contributed by atoms with Crippen molar-refractivity contribution in [1.82, 2.24) is 15.2 Å². The van der Waals surface area contributed by atoms with Crippen molar-refractivity contribution in [2.75, 3.05) is 11.1 Å². The second-order valence-corrected chi connectivity index (χ2v) is 7.21. The van der Waals surface area contributed by atoms with E-state index in [1.807, 2.05) is 6.07 Å². The van der Waals surface area contributed by atoms with E-state index < -0.39 is 18.0 Å². The van der Waals surface area contributed by atoms with Crippen LogP contribution in [0.15, 0.2) is 36.8 Å². The van der Waals surface area contributed by atoms with Crippen LogP contribution in [-0.2, 0) is 9.36 Å². The van der Waals surface area contributed by atoms with Gasteiger partial charge < -0.3 is 11.5 Å². The summed E-state index contributed by atoms with van der Waals surface area (Å²) in [4.78, 5) is 30.9. The van der Waals surface area contributed by atoms with E-state index >= 15 is 0 Å². The zero-order chi connectivity index (χ0) is 19.8. The lowest BCUT2D eigenvalue weighted by atomic mass is 9.99. The van der Waals surface area contributed by atoms with E-state index in [2.05, 4.69) is 15.2 Å². The van der Waals surface area contributed by atoms with Gasteiger partial charge in [-0.25, -0.2) is 0 Å². The summed E-state index contributed by atoms with van der Waals surface area (Å²) >= 11 is 0. The van der Waals surface area contributed by atoms with Crippen LogP contribution in [0.4, 0.5) is 5.69 Å². The number of benzene rings is 1. The molecule has 1 aromatic carbocycles. The molecule has 1 aliphatic rings. The Kier molecular flexibility index (Phi) is 4.62. The molecule has 0 fully saturated rings. The van der Waals surface area contributed by atoms with E-state index in [1.54, 1.807) is 24.5 Å². The van der Waals surface area contributed by atoms with E-state index in [4.69, 9.17) is 11.5 Å². The highest BCUT2D eigenvalue weighted by molar-refractivity contribution is 7.23. The molecule has 3 aromatic rings. The number of primary amides is 1. The van der Waals surface area contributed by atoms with Crippen molar-refractivity contribution in [3.8, 4) is 0 Å². The van der Waals surface area contributed by atoms with Crippen molar-refractivity contribution >= 4 is 36.7 Å². The molecule has 0 spiro atoms. The number of H-pyrrole nitrogens is 1. The first-order valence-corrected chi connectivity index (χ1v) is 9.62. The van der Waals surface area contributed by atoms with Crippen molar-refractivity contribution in [3.63, 3.8) is 0 Å². The molecule has 2 aromatic heterocycles. The zero-order valence-electron chi connectivity index (χ0n) is 14.7. The van der Waals surface area contributed by atoms with Crippen molar-refractivity contribution in [2.24, 2.45) is 11.5 Å². The van der Waals surface area contributed by atoms with E-state index in [-0.39, 0.29) is 27.0 Å². The molecule has 2 unspecified atom stereocenters. The topological polar surface area (TPSA) is 148 Å². The molecule has 0 bridgehead atoms. The number of nitrogens with two attached hydrogens (primary N) is 2. The maximum Gasteiger partial charge on any atom is 0.259 e. The Morgan fingerprint density at radius 1 is 1.32 bits per heavy atom. The quantitative estimate of drug-likeness (QED) is 0.516. The molecule has 2 amide bonds. The molecule has 0 saturated carbocycles. The Morgan fingerprint density at radius 2 is 2.14 bits per heavy atom. The summed E-state index contributed by atoms with van der Waals surface area (Å²) in [5.74, 6) is -0.986. The highest BCUT2D eigenvalue weighted by Gasteiger charge is 2.38. The van der Waals surface area contributed by atoms with Gasteiger partial charge in [0.2, 0.25) is 5.91 Å². The second kappa shape index (κ2) is 7.10. The van der Waals surface area contributed by atoms with Crippen molar-refractivity contribution in [2.45, 2.75) is 18.5 Å². The lowest BCUT2D eigenvalue weighted by Crippen LogP contribution is -2.47. The smallest absolute Gasteiger partial charge is 0.259 e. The zero-order valence-corrected chi connectivity index (χ0v) is 15.6. The first-order chi connectivity index (χ1) is 13.5. The number of nitrogens with zero attached hydrogens (tertiary/aromatic N) is 3. The highest BCUT2D eigenvalue weighted by Crippen LogP contribution is 2.41. The predicted molar refractivity (Wildman–Crippen MR) is 103 cm³/mol. The molecule has 5 N–H and O–H groups in total. The Balaban J connectivity index is 1.87. The summed E-state index contributed by atoms with van der Waals surface area (Å²) in [6, 6.07) is 3.87. The lowest BCUT2D eigenvalue weighted by Gasteiger charge is -2.25. The molecule has 0 aliphatic carbocycles. The molecule has 3 heterocycles. The minimum atomic E-state index is -0.903. The maximum atomic E-state index is 13.1. The van der Waals surface area contributed by atoms with Crippen LogP contribution in [0.1, 0.15) is 34.1 Å². The van der Waals surface area contributed by atoms with Gasteiger partial charge in [0.1, 0.15) is 6.04 Å². The number of hydrogen-bond donors (Lipinski definition) is 3. The molecule has 1 aliphatic heterocycles. The van der Waals surface area contributed by atoms with Crippen LogP contribution in [0, 0.1) is 0 Å². The summed E-state index contributed by atoms with van der Waals surface area (Å²) in [5.41, 5.74) is 14.2. The van der Waals surface area contributed by atoms with E-state index in [0.29, 0.717) is 22.3 Å². The number of anilines is 1. The average Bonchev–Trinajstić information content (AvgIpc) is 3.32. The van der Waals surface area contributed by atoms with Gasteiger partial charge in [0.05, 0.1) is 29.8 Å². The van der Waals surface area contributed by atoms with Crippen molar-refractivity contribution in [1.29, 1.82) is 0 Å². The molecule has 0 radical (unpaired) electrons. The van der Waals surface area contributed by atoms with Gasteiger partial charge in [0, 0.05) is 34.3 Å². The Labute approximate surface area is 161 Å². The number of nitrogens with one attached hydrogen (secondary N) is 1. The minimum Gasteiger partial charge on any atom is -0.368 e. The van der Waals surface area contributed by atoms with E-state index in [1.165, 1.54) is 11.1 Å². The Morgan fingerprint density at radius 3 is 2.82 bits per heavy atom. The molecular weight excluding hydrogens is 379 g/mol. The third-order valence-corrected chi connectivity index (χ3v) is 5.38. The Bertz CT molecular complexity index is 1080. The standard InChI is InChI=1S/C18H17N6O3P/c19-15(9-6-22-23-7-9)16-10-2-1-3-11-14(10)13(8-21-16)24(18(11)26)12(17(20)25)4-5-28-27/h1-3,6-8,12,15H,4-5,19H2,(H2,20,25)(H,22,23). The van der Waals surface area contributed by atoms with Gasteiger partial charge in [-0.3, -0.25) is 29.1 Å². The fourth-order valence-corrected chi connectivity index (χ4v) is 3.98. The number of aromatic nitrogens is 3. The van der Waals surface area contributed by atoms with Crippen LogP contribution in [0.5, 0.6) is 0 Å². The fourth-order valence-electron chi connectivity index (χ4n) is 3.63. The lowest BCUT2D eigenvalue weighted by molar-refractivity contribution is -0.119. The minimum absolute atomic E-state index is 0.111. The van der Waals surface area contributed by atoms with E-state index in [9.17, 15) is 14.2 Å². The van der Waals surface area contributed by atoms with Crippen LogP contribution in [0.3, 0.4) is 0 Å². The number of aromatic amines is 1. The monoisotopic (exact) mass is 396 g/mol. The Hall–Kier alpha value is -3.16. The molecule has 2 atom stereocenters. The van der Waals surface area contributed by atoms with Crippen LogP contribution in [-0.4, -0.2) is 39.2 Å². The molecule has 10 heteroatoms. The van der Waals surface area contributed by atoms with Crippen molar-refractivity contribution < 1.29 is 14.2 Å². The largest absolute Gasteiger partial charge is 0.368 e. The summed E-state index contributed by atoms with van der Waals surface area (Å²) < 4.78 is 10.9. The van der Waals surface area contributed by atoms with Crippen molar-refractivity contribution in [3.05, 3.63) is 53.6 Å². The summed E-state index contributed by atoms with van der Waals surface area (Å²) in [7, 11) is -0.111. The first kappa shape index (κ1) is 18.2. The number of rotatable bonds is 7. The van der Waals surface area contributed by atoms with Gasteiger partial charge in [0.25, 0.3) is 5.91 Å². The summed E-state index contributed by atoms with van der Waals surface area (Å²) in [5, 5.41) is 8.06. The second-order valence-electron chi connectivity index (χ2n) is 6.50. The number of hydrogen-bond acceptors (Lipinski definition) is 6. The molecule has 4 rings (SSSR count). The van der Waals surface area contributed by atoms with E-state index in [0.717, 1.165) is 10.9 Å².